The molecule has 3 N–H and O–H groups in total. The third kappa shape index (κ3) is 2.64. The fourth-order valence-electron chi connectivity index (χ4n) is 1.69. The van der Waals surface area contributed by atoms with Crippen molar-refractivity contribution in [3.05, 3.63) is 33.5 Å². The van der Waals surface area contributed by atoms with E-state index < -0.39 is 5.56 Å². The minimum absolute atomic E-state index is 0.203. The Morgan fingerprint density at radius 3 is 2.67 bits per heavy atom. The van der Waals surface area contributed by atoms with Crippen LogP contribution in [0.2, 0.25) is 0 Å². The van der Waals surface area contributed by atoms with E-state index in [0.717, 1.165) is 17.4 Å². The van der Waals surface area contributed by atoms with Gasteiger partial charge in [-0.05, 0) is 12.8 Å². The summed E-state index contributed by atoms with van der Waals surface area (Å²) in [4.78, 5) is 23.8. The largest absolute Gasteiger partial charge is 0.383 e. The molecule has 0 aromatic carbocycles. The lowest BCUT2D eigenvalue weighted by atomic mass is 10.3. The first-order chi connectivity index (χ1) is 8.54. The van der Waals surface area contributed by atoms with Crippen molar-refractivity contribution in [2.75, 3.05) is 17.6 Å². The van der Waals surface area contributed by atoms with Crippen molar-refractivity contribution in [1.82, 2.24) is 9.13 Å². The molecule has 0 amide bonds. The van der Waals surface area contributed by atoms with Crippen LogP contribution < -0.4 is 22.3 Å². The molecule has 0 radical (unpaired) electrons. The summed E-state index contributed by atoms with van der Waals surface area (Å²) >= 11 is 0. The van der Waals surface area contributed by atoms with Gasteiger partial charge in [0.1, 0.15) is 11.5 Å². The second kappa shape index (κ2) is 6.09. The zero-order chi connectivity index (χ0) is 13.7. The molecular formula is C12H20N4O2. The van der Waals surface area contributed by atoms with Crippen LogP contribution in [0.3, 0.4) is 0 Å². The van der Waals surface area contributed by atoms with Gasteiger partial charge >= 0.3 is 5.69 Å². The highest BCUT2D eigenvalue weighted by Gasteiger charge is 2.13. The lowest BCUT2D eigenvalue weighted by Crippen LogP contribution is -2.40. The summed E-state index contributed by atoms with van der Waals surface area (Å²) in [6.45, 7) is 6.61. The molecule has 100 valence electrons. The highest BCUT2D eigenvalue weighted by molar-refractivity contribution is 5.60. The number of nitrogens with zero attached hydrogens (tertiary/aromatic N) is 2. The minimum Gasteiger partial charge on any atom is -0.383 e. The van der Waals surface area contributed by atoms with Gasteiger partial charge < -0.3 is 11.1 Å². The van der Waals surface area contributed by atoms with Gasteiger partial charge in [0.2, 0.25) is 0 Å². The number of aromatic nitrogens is 2. The molecule has 0 unspecified atom stereocenters. The normalized spacial score (nSPS) is 10.3. The van der Waals surface area contributed by atoms with Gasteiger partial charge in [-0.1, -0.05) is 13.0 Å². The topological polar surface area (TPSA) is 82.0 Å². The highest BCUT2D eigenvalue weighted by atomic mass is 16.2. The average molecular weight is 252 g/mol. The summed E-state index contributed by atoms with van der Waals surface area (Å²) in [5.41, 5.74) is 5.39. The molecular weight excluding hydrogens is 232 g/mol. The summed E-state index contributed by atoms with van der Waals surface area (Å²) in [6, 6.07) is 0. The van der Waals surface area contributed by atoms with E-state index >= 15 is 0 Å². The zero-order valence-corrected chi connectivity index (χ0v) is 10.9. The van der Waals surface area contributed by atoms with E-state index in [0.29, 0.717) is 13.1 Å². The maximum atomic E-state index is 11.9. The predicted octanol–water partition coefficient (Wildman–Crippen LogP) is 0.527. The number of hydrogen-bond acceptors (Lipinski definition) is 4. The highest BCUT2D eigenvalue weighted by Crippen LogP contribution is 2.10. The van der Waals surface area contributed by atoms with E-state index in [-0.39, 0.29) is 17.2 Å². The fourth-order valence-corrected chi connectivity index (χ4v) is 1.69. The summed E-state index contributed by atoms with van der Waals surface area (Å²) in [5.74, 6) is 0.203. The van der Waals surface area contributed by atoms with E-state index in [1.54, 1.807) is 6.08 Å². The minimum atomic E-state index is -0.395. The van der Waals surface area contributed by atoms with Gasteiger partial charge in [0.05, 0.1) is 0 Å². The Balaban J connectivity index is 3.28. The second-order valence-electron chi connectivity index (χ2n) is 4.06. The number of anilines is 2. The molecule has 1 heterocycles. The van der Waals surface area contributed by atoms with E-state index in [9.17, 15) is 9.59 Å². The fraction of sp³-hybridized carbons (Fsp3) is 0.500. The Bertz CT molecular complexity index is 542. The number of nitrogens with two attached hydrogens (primary N) is 1. The molecule has 0 spiro atoms. The lowest BCUT2D eigenvalue weighted by Gasteiger charge is -2.15. The molecule has 1 rings (SSSR count). The molecule has 0 aliphatic rings. The van der Waals surface area contributed by atoms with E-state index in [4.69, 9.17) is 5.73 Å². The Morgan fingerprint density at radius 2 is 2.11 bits per heavy atom. The van der Waals surface area contributed by atoms with E-state index in [2.05, 4.69) is 11.9 Å². The Labute approximate surface area is 106 Å². The molecule has 18 heavy (non-hydrogen) atoms. The molecule has 0 aliphatic carbocycles. The van der Waals surface area contributed by atoms with Crippen molar-refractivity contribution in [1.29, 1.82) is 0 Å². The molecule has 0 bridgehead atoms. The van der Waals surface area contributed by atoms with Gasteiger partial charge in [0.25, 0.3) is 5.56 Å². The van der Waals surface area contributed by atoms with Gasteiger partial charge in [-0.2, -0.15) is 0 Å². The van der Waals surface area contributed by atoms with Crippen LogP contribution in [0.25, 0.3) is 0 Å². The van der Waals surface area contributed by atoms with Crippen LogP contribution in [0.4, 0.5) is 11.5 Å². The van der Waals surface area contributed by atoms with Crippen molar-refractivity contribution in [2.24, 2.45) is 7.05 Å². The summed E-state index contributed by atoms with van der Waals surface area (Å²) in [6.07, 6.45) is 3.24. The van der Waals surface area contributed by atoms with Crippen molar-refractivity contribution in [3.8, 4) is 0 Å². The molecule has 0 saturated heterocycles. The summed E-state index contributed by atoms with van der Waals surface area (Å²) in [7, 11) is 1.45. The smallest absolute Gasteiger partial charge is 0.332 e. The molecule has 0 saturated carbocycles. The number of nitrogens with one attached hydrogen (secondary N) is 1. The van der Waals surface area contributed by atoms with Crippen molar-refractivity contribution >= 4 is 11.5 Å². The maximum Gasteiger partial charge on any atom is 0.332 e. The van der Waals surface area contributed by atoms with Gasteiger partial charge in [-0.15, -0.1) is 6.58 Å². The van der Waals surface area contributed by atoms with Crippen LogP contribution >= 0.6 is 0 Å². The Hall–Kier alpha value is -1.98. The van der Waals surface area contributed by atoms with Crippen molar-refractivity contribution in [2.45, 2.75) is 26.3 Å². The first kappa shape index (κ1) is 14.1. The van der Waals surface area contributed by atoms with Crippen molar-refractivity contribution < 1.29 is 0 Å². The second-order valence-corrected chi connectivity index (χ2v) is 4.06. The van der Waals surface area contributed by atoms with Gasteiger partial charge in [-0.3, -0.25) is 13.9 Å². The van der Waals surface area contributed by atoms with Crippen LogP contribution in [0.15, 0.2) is 22.2 Å². The maximum absolute atomic E-state index is 11.9. The molecule has 0 aliphatic heterocycles. The van der Waals surface area contributed by atoms with E-state index in [1.165, 1.54) is 11.6 Å². The SMILES string of the molecule is C=CCCNc1c(N)n(CCC)c(=O)n(C)c1=O. The Kier molecular flexibility index (Phi) is 4.76. The first-order valence-electron chi connectivity index (χ1n) is 5.98. The van der Waals surface area contributed by atoms with Crippen LogP contribution in [-0.2, 0) is 13.6 Å². The van der Waals surface area contributed by atoms with Crippen LogP contribution in [0.1, 0.15) is 19.8 Å². The monoisotopic (exact) mass is 252 g/mol. The van der Waals surface area contributed by atoms with E-state index in [1.807, 2.05) is 6.92 Å². The van der Waals surface area contributed by atoms with Gasteiger partial charge in [-0.25, -0.2) is 4.79 Å². The summed E-state index contributed by atoms with van der Waals surface area (Å²) < 4.78 is 2.49. The average Bonchev–Trinajstić information content (AvgIpc) is 2.36. The predicted molar refractivity (Wildman–Crippen MR) is 74.0 cm³/mol. The van der Waals surface area contributed by atoms with Gasteiger partial charge in [0.15, 0.2) is 0 Å². The third-order valence-corrected chi connectivity index (χ3v) is 2.68. The standard InChI is InChI=1S/C12H20N4O2/c1-4-6-7-14-9-10(13)16(8-5-2)12(18)15(3)11(9)17/h4,14H,1,5-8,13H2,2-3H3. The molecule has 0 fully saturated rings. The number of hydrogen-bond donors (Lipinski definition) is 2. The lowest BCUT2D eigenvalue weighted by molar-refractivity contribution is 0.600. The number of rotatable bonds is 6. The quantitative estimate of drug-likeness (QED) is 0.571. The third-order valence-electron chi connectivity index (χ3n) is 2.68. The van der Waals surface area contributed by atoms with Crippen LogP contribution in [0.5, 0.6) is 0 Å². The van der Waals surface area contributed by atoms with Crippen molar-refractivity contribution in [3.63, 3.8) is 0 Å². The molecule has 1 aromatic heterocycles. The van der Waals surface area contributed by atoms with Crippen LogP contribution in [-0.4, -0.2) is 15.7 Å². The molecule has 1 aromatic rings. The Morgan fingerprint density at radius 1 is 1.44 bits per heavy atom. The summed E-state index contributed by atoms with van der Waals surface area (Å²) in [5, 5.41) is 2.96. The molecule has 0 atom stereocenters. The zero-order valence-electron chi connectivity index (χ0n) is 10.9. The first-order valence-corrected chi connectivity index (χ1v) is 5.98. The number of nitrogen functional groups attached to an aromatic ring is 1. The molecule has 6 nitrogen and oxygen atoms in total. The van der Waals surface area contributed by atoms with Gasteiger partial charge in [0, 0.05) is 20.1 Å². The van der Waals surface area contributed by atoms with Crippen LogP contribution in [0, 0.1) is 0 Å². The molecule has 6 heteroatoms.